The minimum Gasteiger partial charge on any atom is -0.469 e. The molecule has 0 saturated heterocycles. The summed E-state index contributed by atoms with van der Waals surface area (Å²) in [7, 11) is 1.27. The van der Waals surface area contributed by atoms with Gasteiger partial charge in [0.25, 0.3) is 6.43 Å². The number of esters is 1. The molecule has 0 aliphatic rings. The number of carbonyl (C=O) groups excluding carboxylic acids is 1. The molecule has 0 aromatic carbocycles. The Morgan fingerprint density at radius 2 is 2.31 bits per heavy atom. The van der Waals surface area contributed by atoms with E-state index < -0.39 is 12.4 Å². The van der Waals surface area contributed by atoms with Crippen LogP contribution in [-0.2, 0) is 16.0 Å². The normalized spacial score (nSPS) is 10.6. The zero-order chi connectivity index (χ0) is 12.3. The third-order valence-electron chi connectivity index (χ3n) is 1.83. The van der Waals surface area contributed by atoms with Crippen molar-refractivity contribution in [2.24, 2.45) is 0 Å². The fourth-order valence-electron chi connectivity index (χ4n) is 1.02. The third-order valence-corrected chi connectivity index (χ3v) is 4.60. The number of pyridine rings is 1. The Morgan fingerprint density at radius 1 is 1.69 bits per heavy atom. The van der Waals surface area contributed by atoms with E-state index in [9.17, 15) is 13.6 Å². The monoisotopic (exact) mass is 405 g/mol. The molecule has 0 radical (unpaired) electrons. The molecule has 0 amide bonds. The number of hydrogen-bond donors (Lipinski definition) is 0. The number of rotatable bonds is 3. The van der Waals surface area contributed by atoms with Crippen LogP contribution in [0.2, 0.25) is 0 Å². The summed E-state index contributed by atoms with van der Waals surface area (Å²) >= 11 is 4.93. The summed E-state index contributed by atoms with van der Waals surface area (Å²) in [4.78, 5) is 14.7. The summed E-state index contributed by atoms with van der Waals surface area (Å²) in [5, 5.41) is 0. The van der Waals surface area contributed by atoms with Gasteiger partial charge in [0.15, 0.2) is 0 Å². The maximum Gasteiger partial charge on any atom is 0.310 e. The second kappa shape index (κ2) is 5.85. The molecule has 0 atom stereocenters. The van der Waals surface area contributed by atoms with Crippen molar-refractivity contribution in [3.63, 3.8) is 0 Å². The van der Waals surface area contributed by atoms with E-state index in [0.29, 0.717) is 9.13 Å². The quantitative estimate of drug-likeness (QED) is 0.573. The molecule has 0 fully saturated rings. The summed E-state index contributed by atoms with van der Waals surface area (Å²) in [6, 6.07) is 0. The fraction of sp³-hybridized carbons (Fsp3) is 0.333. The molecule has 1 aromatic heterocycles. The van der Waals surface area contributed by atoms with Crippen molar-refractivity contribution in [3.05, 3.63) is 25.5 Å². The summed E-state index contributed by atoms with van der Waals surface area (Å²) in [6.45, 7) is 0. The van der Waals surface area contributed by atoms with E-state index in [1.807, 2.05) is 22.6 Å². The highest BCUT2D eigenvalue weighted by Crippen LogP contribution is 2.31. The van der Waals surface area contributed by atoms with Crippen LogP contribution < -0.4 is 0 Å². The van der Waals surface area contributed by atoms with Gasteiger partial charge in [-0.3, -0.25) is 9.78 Å². The standard InChI is InChI=1S/C9H7BrF2INO2/c1-16-5(15)2-4-3-14-8(9(11)12)6(10)7(4)13/h3,9H,2H2,1H3. The highest BCUT2D eigenvalue weighted by molar-refractivity contribution is 14.1. The first-order valence-electron chi connectivity index (χ1n) is 4.15. The molecule has 0 aliphatic heterocycles. The lowest BCUT2D eigenvalue weighted by molar-refractivity contribution is -0.139. The van der Waals surface area contributed by atoms with E-state index in [1.54, 1.807) is 0 Å². The van der Waals surface area contributed by atoms with Gasteiger partial charge in [-0.1, -0.05) is 0 Å². The zero-order valence-electron chi connectivity index (χ0n) is 8.14. The zero-order valence-corrected chi connectivity index (χ0v) is 11.9. The van der Waals surface area contributed by atoms with Crippen LogP contribution in [0.4, 0.5) is 8.78 Å². The largest absolute Gasteiger partial charge is 0.469 e. The first-order chi connectivity index (χ1) is 7.47. The van der Waals surface area contributed by atoms with Gasteiger partial charge in [-0.15, -0.1) is 0 Å². The van der Waals surface area contributed by atoms with Gasteiger partial charge in [-0.25, -0.2) is 8.78 Å². The Kier molecular flexibility index (Phi) is 5.03. The number of halogens is 4. The lowest BCUT2D eigenvalue weighted by Gasteiger charge is -2.08. The highest BCUT2D eigenvalue weighted by atomic mass is 127. The number of alkyl halides is 2. The average molecular weight is 406 g/mol. The third kappa shape index (κ3) is 3.09. The number of methoxy groups -OCH3 is 1. The molecule has 0 aliphatic carbocycles. The number of aromatic nitrogens is 1. The van der Waals surface area contributed by atoms with E-state index in [1.165, 1.54) is 13.3 Å². The predicted octanol–water partition coefficient (Wildman–Crippen LogP) is 3.10. The minimum atomic E-state index is -2.64. The van der Waals surface area contributed by atoms with E-state index >= 15 is 0 Å². The maximum atomic E-state index is 12.5. The molecule has 0 unspecified atom stereocenters. The molecular formula is C9H7BrF2INO2. The van der Waals surface area contributed by atoms with Crippen LogP contribution in [0.5, 0.6) is 0 Å². The molecule has 7 heteroatoms. The van der Waals surface area contributed by atoms with Crippen LogP contribution in [0.3, 0.4) is 0 Å². The summed E-state index contributed by atoms with van der Waals surface area (Å²) in [5.41, 5.74) is 0.238. The van der Waals surface area contributed by atoms with Crippen molar-refractivity contribution in [3.8, 4) is 0 Å². The number of ether oxygens (including phenoxy) is 1. The van der Waals surface area contributed by atoms with Crippen molar-refractivity contribution < 1.29 is 18.3 Å². The van der Waals surface area contributed by atoms with Crippen molar-refractivity contribution >= 4 is 44.5 Å². The van der Waals surface area contributed by atoms with Gasteiger partial charge >= 0.3 is 5.97 Å². The van der Waals surface area contributed by atoms with Gasteiger partial charge in [0.1, 0.15) is 5.69 Å². The topological polar surface area (TPSA) is 39.2 Å². The Balaban J connectivity index is 3.07. The van der Waals surface area contributed by atoms with Crippen molar-refractivity contribution in [2.45, 2.75) is 12.8 Å². The molecule has 0 saturated carbocycles. The number of carbonyl (C=O) groups is 1. The lowest BCUT2D eigenvalue weighted by atomic mass is 10.2. The summed E-state index contributed by atoms with van der Waals surface area (Å²) in [5.74, 6) is -0.434. The maximum absolute atomic E-state index is 12.5. The number of hydrogen-bond acceptors (Lipinski definition) is 3. The molecule has 1 heterocycles. The Hall–Kier alpha value is -0.310. The molecule has 88 valence electrons. The molecule has 16 heavy (non-hydrogen) atoms. The molecule has 0 N–H and O–H groups in total. The van der Waals surface area contributed by atoms with E-state index in [0.717, 1.165) is 0 Å². The van der Waals surface area contributed by atoms with E-state index in [-0.39, 0.29) is 16.6 Å². The summed E-state index contributed by atoms with van der Waals surface area (Å²) in [6.07, 6.45) is -1.36. The highest BCUT2D eigenvalue weighted by Gasteiger charge is 2.19. The fourth-order valence-corrected chi connectivity index (χ4v) is 2.15. The van der Waals surface area contributed by atoms with E-state index in [2.05, 4.69) is 25.7 Å². The van der Waals surface area contributed by atoms with Crippen LogP contribution in [0.15, 0.2) is 10.7 Å². The van der Waals surface area contributed by atoms with Crippen LogP contribution >= 0.6 is 38.5 Å². The van der Waals surface area contributed by atoms with E-state index in [4.69, 9.17) is 0 Å². The molecular weight excluding hydrogens is 399 g/mol. The van der Waals surface area contributed by atoms with Crippen LogP contribution in [0, 0.1) is 3.57 Å². The number of nitrogens with zero attached hydrogens (tertiary/aromatic N) is 1. The Labute approximate surface area is 113 Å². The lowest BCUT2D eigenvalue weighted by Crippen LogP contribution is -2.08. The first-order valence-corrected chi connectivity index (χ1v) is 6.02. The van der Waals surface area contributed by atoms with Crippen molar-refractivity contribution in [2.75, 3.05) is 7.11 Å². The van der Waals surface area contributed by atoms with Gasteiger partial charge in [0.2, 0.25) is 0 Å². The molecule has 1 rings (SSSR count). The van der Waals surface area contributed by atoms with Crippen LogP contribution in [0.1, 0.15) is 17.7 Å². The molecule has 1 aromatic rings. The average Bonchev–Trinajstić information content (AvgIpc) is 2.24. The SMILES string of the molecule is COC(=O)Cc1cnc(C(F)F)c(Br)c1I. The first kappa shape index (κ1) is 13.8. The summed E-state index contributed by atoms with van der Waals surface area (Å²) < 4.78 is 30.2. The van der Waals surface area contributed by atoms with Crippen molar-refractivity contribution in [1.82, 2.24) is 4.98 Å². The second-order valence-electron chi connectivity index (χ2n) is 2.85. The van der Waals surface area contributed by atoms with Gasteiger partial charge < -0.3 is 4.74 Å². The van der Waals surface area contributed by atoms with Gasteiger partial charge in [0, 0.05) is 9.77 Å². The van der Waals surface area contributed by atoms with Gasteiger partial charge in [-0.05, 0) is 44.1 Å². The predicted molar refractivity (Wildman–Crippen MR) is 65.3 cm³/mol. The molecule has 0 bridgehead atoms. The minimum absolute atomic E-state index is 0.0177. The Bertz CT molecular complexity index is 415. The Morgan fingerprint density at radius 3 is 2.81 bits per heavy atom. The van der Waals surface area contributed by atoms with Crippen LogP contribution in [0.25, 0.3) is 0 Å². The molecule has 0 spiro atoms. The van der Waals surface area contributed by atoms with Gasteiger partial charge in [-0.2, -0.15) is 0 Å². The second-order valence-corrected chi connectivity index (χ2v) is 4.72. The van der Waals surface area contributed by atoms with Gasteiger partial charge in [0.05, 0.1) is 18.0 Å². The smallest absolute Gasteiger partial charge is 0.310 e. The van der Waals surface area contributed by atoms with Crippen molar-refractivity contribution in [1.29, 1.82) is 0 Å². The molecule has 3 nitrogen and oxygen atoms in total. The van der Waals surface area contributed by atoms with Crippen LogP contribution in [-0.4, -0.2) is 18.1 Å².